The first-order valence-corrected chi connectivity index (χ1v) is 10.9. The predicted octanol–water partition coefficient (Wildman–Crippen LogP) is 3.05. The number of amidine groups is 1. The summed E-state index contributed by atoms with van der Waals surface area (Å²) in [5, 5.41) is 4.19. The minimum absolute atomic E-state index is 0.111. The summed E-state index contributed by atoms with van der Waals surface area (Å²) in [6.07, 6.45) is 1.000. The first-order chi connectivity index (χ1) is 15.3. The molecule has 0 aliphatic carbocycles. The molecule has 0 radical (unpaired) electrons. The summed E-state index contributed by atoms with van der Waals surface area (Å²) in [7, 11) is 4.19. The first kappa shape index (κ1) is 20.8. The molecule has 1 unspecified atom stereocenters. The highest BCUT2D eigenvalue weighted by molar-refractivity contribution is 6.10. The maximum atomic E-state index is 14.9. The Balaban J connectivity index is 1.70. The standard InChI is InChI=1S/C24H28FN5O2/c1-15-23(31)27-26-22-13-32-21-11-17(16-7-5-6-8-18(16)25)19(12-20(21)30(15)22)29(4)24(2)9-10-28(3)14-24/h5-8,11-12,15H,9-10,13-14H2,1-4H3,(H,27,31)/t15?,24-/m0/s1. The minimum Gasteiger partial charge on any atom is -0.483 e. The normalized spacial score (nSPS) is 24.9. The number of likely N-dealkylation sites (tertiary alicyclic amines) is 1. The van der Waals surface area contributed by atoms with Crippen LogP contribution in [0.4, 0.5) is 15.8 Å². The van der Waals surface area contributed by atoms with Crippen molar-refractivity contribution in [1.82, 2.24) is 10.3 Å². The lowest BCUT2D eigenvalue weighted by atomic mass is 9.94. The zero-order chi connectivity index (χ0) is 22.6. The topological polar surface area (TPSA) is 60.4 Å². The van der Waals surface area contributed by atoms with Crippen molar-refractivity contribution in [3.63, 3.8) is 0 Å². The Morgan fingerprint density at radius 2 is 2.06 bits per heavy atom. The molecule has 0 bridgehead atoms. The number of benzene rings is 2. The van der Waals surface area contributed by atoms with Crippen LogP contribution < -0.4 is 20.0 Å². The number of likely N-dealkylation sites (N-methyl/N-ethyl adjacent to an activating group) is 2. The molecule has 5 rings (SSSR count). The fraction of sp³-hybridized carbons (Fsp3) is 0.417. The maximum absolute atomic E-state index is 14.9. The van der Waals surface area contributed by atoms with Crippen molar-refractivity contribution in [3.05, 3.63) is 42.2 Å². The highest BCUT2D eigenvalue weighted by Crippen LogP contribution is 2.46. The van der Waals surface area contributed by atoms with E-state index < -0.39 is 6.04 Å². The number of anilines is 2. The molecule has 8 heteroatoms. The third kappa shape index (κ3) is 3.21. The molecule has 32 heavy (non-hydrogen) atoms. The maximum Gasteiger partial charge on any atom is 0.262 e. The van der Waals surface area contributed by atoms with Crippen LogP contribution in [0.3, 0.4) is 0 Å². The van der Waals surface area contributed by atoms with Gasteiger partial charge >= 0.3 is 0 Å². The van der Waals surface area contributed by atoms with Gasteiger partial charge in [-0.25, -0.2) is 9.82 Å². The highest BCUT2D eigenvalue weighted by atomic mass is 19.1. The molecule has 1 fully saturated rings. The second-order valence-corrected chi connectivity index (χ2v) is 9.20. The number of carbonyl (C=O) groups is 1. The van der Waals surface area contributed by atoms with E-state index in [1.54, 1.807) is 12.1 Å². The lowest BCUT2D eigenvalue weighted by Crippen LogP contribution is -2.55. The smallest absolute Gasteiger partial charge is 0.262 e. The summed E-state index contributed by atoms with van der Waals surface area (Å²) in [4.78, 5) is 18.8. The Kier molecular flexibility index (Phi) is 4.85. The molecule has 2 aromatic rings. The molecule has 3 aliphatic heterocycles. The second kappa shape index (κ2) is 7.48. The fourth-order valence-corrected chi connectivity index (χ4v) is 4.97. The number of rotatable bonds is 3. The molecular formula is C24H28FN5O2. The molecule has 3 aliphatic rings. The van der Waals surface area contributed by atoms with Gasteiger partial charge in [-0.15, -0.1) is 0 Å². The average molecular weight is 438 g/mol. The summed E-state index contributed by atoms with van der Waals surface area (Å²) in [5.41, 5.74) is 5.42. The molecule has 0 spiro atoms. The highest BCUT2D eigenvalue weighted by Gasteiger charge is 2.40. The van der Waals surface area contributed by atoms with E-state index in [4.69, 9.17) is 4.74 Å². The first-order valence-electron chi connectivity index (χ1n) is 10.9. The summed E-state index contributed by atoms with van der Waals surface area (Å²) >= 11 is 0. The van der Waals surface area contributed by atoms with Gasteiger partial charge in [-0.3, -0.25) is 4.79 Å². The van der Waals surface area contributed by atoms with Gasteiger partial charge in [0.25, 0.3) is 5.91 Å². The molecule has 2 atom stereocenters. The molecular weight excluding hydrogens is 409 g/mol. The van der Waals surface area contributed by atoms with Crippen molar-refractivity contribution in [2.45, 2.75) is 31.8 Å². The van der Waals surface area contributed by atoms with Gasteiger partial charge in [0.1, 0.15) is 24.2 Å². The van der Waals surface area contributed by atoms with E-state index in [0.29, 0.717) is 17.1 Å². The predicted molar refractivity (Wildman–Crippen MR) is 124 cm³/mol. The number of hydrogen-bond acceptors (Lipinski definition) is 6. The van der Waals surface area contributed by atoms with Crippen LogP contribution in [0.2, 0.25) is 0 Å². The lowest BCUT2D eigenvalue weighted by Gasteiger charge is -2.42. The number of ether oxygens (including phenoxy) is 1. The van der Waals surface area contributed by atoms with Crippen LogP contribution >= 0.6 is 0 Å². The largest absolute Gasteiger partial charge is 0.483 e. The van der Waals surface area contributed by atoms with Crippen LogP contribution in [0.5, 0.6) is 5.75 Å². The van der Waals surface area contributed by atoms with Gasteiger partial charge in [-0.05, 0) is 45.5 Å². The Hall–Kier alpha value is -3.13. The van der Waals surface area contributed by atoms with Crippen LogP contribution in [0.1, 0.15) is 20.3 Å². The third-order valence-corrected chi connectivity index (χ3v) is 7.01. The number of fused-ring (bicyclic) bond motifs is 3. The molecule has 3 heterocycles. The number of halogens is 1. The molecule has 2 aromatic carbocycles. The van der Waals surface area contributed by atoms with E-state index >= 15 is 0 Å². The van der Waals surface area contributed by atoms with E-state index in [1.807, 2.05) is 30.0 Å². The second-order valence-electron chi connectivity index (χ2n) is 9.20. The quantitative estimate of drug-likeness (QED) is 0.800. The molecule has 1 saturated heterocycles. The molecule has 1 N–H and O–H groups in total. The van der Waals surface area contributed by atoms with Crippen molar-refractivity contribution in [2.75, 3.05) is 43.6 Å². The van der Waals surface area contributed by atoms with Crippen molar-refractivity contribution >= 4 is 23.1 Å². The number of hydrazone groups is 1. The fourth-order valence-electron chi connectivity index (χ4n) is 4.97. The van der Waals surface area contributed by atoms with Crippen LogP contribution in [-0.2, 0) is 4.79 Å². The third-order valence-electron chi connectivity index (χ3n) is 7.01. The SMILES string of the molecule is CC1C(=O)NN=C2COc3cc(-c4ccccc4F)c(N(C)[C@@]4(C)CCN(C)C4)cc3N21. The number of nitrogens with one attached hydrogen (secondary N) is 1. The van der Waals surface area contributed by atoms with Gasteiger partial charge < -0.3 is 19.4 Å². The lowest BCUT2D eigenvalue weighted by molar-refractivity contribution is -0.122. The Morgan fingerprint density at radius 1 is 1.28 bits per heavy atom. The van der Waals surface area contributed by atoms with Gasteiger partial charge in [0.05, 0.1) is 11.2 Å². The van der Waals surface area contributed by atoms with Gasteiger partial charge in [-0.2, -0.15) is 5.10 Å². The van der Waals surface area contributed by atoms with Crippen molar-refractivity contribution in [3.8, 4) is 16.9 Å². The Morgan fingerprint density at radius 3 is 2.78 bits per heavy atom. The molecule has 1 amide bonds. The van der Waals surface area contributed by atoms with E-state index in [9.17, 15) is 9.18 Å². The van der Waals surface area contributed by atoms with Crippen molar-refractivity contribution < 1.29 is 13.9 Å². The van der Waals surface area contributed by atoms with E-state index in [0.717, 1.165) is 36.4 Å². The Bertz CT molecular complexity index is 1120. The van der Waals surface area contributed by atoms with Crippen LogP contribution in [0, 0.1) is 5.82 Å². The zero-order valence-electron chi connectivity index (χ0n) is 18.9. The monoisotopic (exact) mass is 437 g/mol. The van der Waals surface area contributed by atoms with Crippen molar-refractivity contribution in [1.29, 1.82) is 0 Å². The van der Waals surface area contributed by atoms with E-state index in [-0.39, 0.29) is 23.9 Å². The summed E-state index contributed by atoms with van der Waals surface area (Å²) < 4.78 is 20.9. The van der Waals surface area contributed by atoms with Gasteiger partial charge in [0, 0.05) is 37.0 Å². The van der Waals surface area contributed by atoms with Crippen LogP contribution in [0.25, 0.3) is 11.1 Å². The number of nitrogens with zero attached hydrogens (tertiary/aromatic N) is 4. The Labute approximate surface area is 187 Å². The average Bonchev–Trinajstić information content (AvgIpc) is 3.14. The van der Waals surface area contributed by atoms with Gasteiger partial charge in [-0.1, -0.05) is 18.2 Å². The van der Waals surface area contributed by atoms with Crippen LogP contribution in [-0.4, -0.2) is 62.0 Å². The van der Waals surface area contributed by atoms with Crippen molar-refractivity contribution in [2.24, 2.45) is 5.10 Å². The summed E-state index contributed by atoms with van der Waals surface area (Å²) in [5.74, 6) is 0.830. The van der Waals surface area contributed by atoms with E-state index in [1.165, 1.54) is 6.07 Å². The number of carbonyl (C=O) groups excluding carboxylic acids is 1. The zero-order valence-corrected chi connectivity index (χ0v) is 18.9. The number of amides is 1. The number of hydrogen-bond donors (Lipinski definition) is 1. The molecule has 7 nitrogen and oxygen atoms in total. The van der Waals surface area contributed by atoms with Crippen LogP contribution in [0.15, 0.2) is 41.5 Å². The minimum atomic E-state index is -0.421. The van der Waals surface area contributed by atoms with Gasteiger partial charge in [0.15, 0.2) is 5.84 Å². The molecule has 0 saturated carbocycles. The van der Waals surface area contributed by atoms with Gasteiger partial charge in [0.2, 0.25) is 0 Å². The molecule has 0 aromatic heterocycles. The summed E-state index contributed by atoms with van der Waals surface area (Å²) in [6, 6.07) is 10.3. The van der Waals surface area contributed by atoms with E-state index in [2.05, 4.69) is 41.3 Å². The summed E-state index contributed by atoms with van der Waals surface area (Å²) in [6.45, 7) is 6.24. The molecule has 168 valence electrons.